The molecule has 0 saturated carbocycles. The highest BCUT2D eigenvalue weighted by molar-refractivity contribution is 5.91. The average molecular weight is 456 g/mol. The average Bonchev–Trinajstić information content (AvgIpc) is 2.72. The van der Waals surface area contributed by atoms with E-state index in [0.29, 0.717) is 5.56 Å². The fraction of sp³-hybridized carbons (Fsp3) is 0.348. The van der Waals surface area contributed by atoms with Gasteiger partial charge in [-0.1, -0.05) is 42.5 Å². The Morgan fingerprint density at radius 1 is 0.939 bits per heavy atom. The van der Waals surface area contributed by atoms with Crippen molar-refractivity contribution in [1.82, 2.24) is 10.6 Å². The van der Waals surface area contributed by atoms with Crippen LogP contribution in [0, 0.1) is 10.1 Å². The number of nitro groups is 1. The van der Waals surface area contributed by atoms with Crippen molar-refractivity contribution in [3.8, 4) is 0 Å². The van der Waals surface area contributed by atoms with Gasteiger partial charge in [0.05, 0.1) is 4.92 Å². The fourth-order valence-corrected chi connectivity index (χ4v) is 2.99. The maximum Gasteiger partial charge on any atom is 0.408 e. The molecule has 0 aliphatic carbocycles. The first-order valence-corrected chi connectivity index (χ1v) is 10.3. The number of carbonyl (C=O) groups is 3. The van der Waals surface area contributed by atoms with Crippen molar-refractivity contribution in [1.29, 1.82) is 0 Å². The van der Waals surface area contributed by atoms with E-state index < -0.39 is 40.5 Å². The molecule has 33 heavy (non-hydrogen) atoms. The fourth-order valence-electron chi connectivity index (χ4n) is 2.99. The van der Waals surface area contributed by atoms with E-state index in [4.69, 9.17) is 10.5 Å². The molecule has 0 aliphatic heterocycles. The van der Waals surface area contributed by atoms with Crippen molar-refractivity contribution in [3.05, 3.63) is 75.8 Å². The zero-order valence-electron chi connectivity index (χ0n) is 18.7. The molecule has 0 radical (unpaired) electrons. The molecule has 176 valence electrons. The third-order valence-corrected chi connectivity index (χ3v) is 4.54. The molecule has 0 spiro atoms. The van der Waals surface area contributed by atoms with E-state index in [2.05, 4.69) is 10.6 Å². The number of nitrogens with two attached hydrogens (primary N) is 1. The monoisotopic (exact) mass is 456 g/mol. The van der Waals surface area contributed by atoms with Crippen LogP contribution >= 0.6 is 0 Å². The Hall–Kier alpha value is -3.95. The molecular formula is C23H28N4O6. The lowest BCUT2D eigenvalue weighted by molar-refractivity contribution is -0.384. The molecule has 0 aromatic heterocycles. The van der Waals surface area contributed by atoms with Crippen LogP contribution in [0.5, 0.6) is 0 Å². The Labute approximate surface area is 191 Å². The number of alkyl carbamates (subject to hydrolysis) is 1. The number of ether oxygens (including phenoxy) is 1. The molecule has 0 heterocycles. The first-order valence-electron chi connectivity index (χ1n) is 10.3. The van der Waals surface area contributed by atoms with Gasteiger partial charge in [-0.2, -0.15) is 0 Å². The third kappa shape index (κ3) is 8.60. The topological polar surface area (TPSA) is 154 Å². The Balaban J connectivity index is 2.20. The van der Waals surface area contributed by atoms with Crippen LogP contribution in [0.15, 0.2) is 54.6 Å². The molecule has 10 nitrogen and oxygen atoms in total. The van der Waals surface area contributed by atoms with Crippen LogP contribution in [0.2, 0.25) is 0 Å². The van der Waals surface area contributed by atoms with Crippen molar-refractivity contribution in [3.63, 3.8) is 0 Å². The van der Waals surface area contributed by atoms with Gasteiger partial charge >= 0.3 is 6.09 Å². The second kappa shape index (κ2) is 11.1. The number of nitrogens with one attached hydrogen (secondary N) is 2. The van der Waals surface area contributed by atoms with E-state index in [1.54, 1.807) is 45.0 Å². The summed E-state index contributed by atoms with van der Waals surface area (Å²) < 4.78 is 5.24. The van der Waals surface area contributed by atoms with E-state index >= 15 is 0 Å². The van der Waals surface area contributed by atoms with Gasteiger partial charge in [0.2, 0.25) is 11.8 Å². The number of primary amides is 1. The Morgan fingerprint density at radius 3 is 2.00 bits per heavy atom. The number of rotatable bonds is 9. The Morgan fingerprint density at radius 2 is 1.48 bits per heavy atom. The van der Waals surface area contributed by atoms with Crippen LogP contribution in [0.25, 0.3) is 0 Å². The SMILES string of the molecule is CC(C)(C)OC(=O)NC(Cc1ccc([N+](=O)[O-])cc1)C(=O)NC(Cc1ccccc1)C(N)=O. The lowest BCUT2D eigenvalue weighted by Crippen LogP contribution is -2.54. The minimum absolute atomic E-state index is 0.0138. The predicted molar refractivity (Wildman–Crippen MR) is 121 cm³/mol. The van der Waals surface area contributed by atoms with Crippen LogP contribution in [0.4, 0.5) is 10.5 Å². The first-order chi connectivity index (χ1) is 15.4. The number of benzene rings is 2. The van der Waals surface area contributed by atoms with Crippen LogP contribution in [0.1, 0.15) is 31.9 Å². The highest BCUT2D eigenvalue weighted by atomic mass is 16.6. The van der Waals surface area contributed by atoms with E-state index in [0.717, 1.165) is 5.56 Å². The van der Waals surface area contributed by atoms with Gasteiger partial charge in [-0.25, -0.2) is 4.79 Å². The molecule has 2 unspecified atom stereocenters. The number of carbonyl (C=O) groups excluding carboxylic acids is 3. The second-order valence-electron chi connectivity index (χ2n) is 8.48. The summed E-state index contributed by atoms with van der Waals surface area (Å²) in [5.74, 6) is -1.36. The van der Waals surface area contributed by atoms with Gasteiger partial charge in [-0.3, -0.25) is 19.7 Å². The van der Waals surface area contributed by atoms with Gasteiger partial charge in [0.1, 0.15) is 17.7 Å². The summed E-state index contributed by atoms with van der Waals surface area (Å²) in [6, 6.07) is 12.5. The van der Waals surface area contributed by atoms with E-state index in [1.807, 2.05) is 6.07 Å². The molecule has 2 aromatic carbocycles. The van der Waals surface area contributed by atoms with E-state index in [-0.39, 0.29) is 18.5 Å². The standard InChI is InChI=1S/C23H28N4O6/c1-23(2,3)33-22(30)26-19(14-16-9-11-17(12-10-16)27(31)32)21(29)25-18(20(24)28)13-15-7-5-4-6-8-15/h4-12,18-19H,13-14H2,1-3H3,(H2,24,28)(H,25,29)(H,26,30). The zero-order chi connectivity index (χ0) is 24.6. The van der Waals surface area contributed by atoms with Crippen LogP contribution < -0.4 is 16.4 Å². The molecule has 2 aromatic rings. The number of amides is 3. The lowest BCUT2D eigenvalue weighted by Gasteiger charge is -2.25. The molecule has 0 fully saturated rings. The van der Waals surface area contributed by atoms with Crippen molar-refractivity contribution >= 4 is 23.6 Å². The maximum absolute atomic E-state index is 13.0. The largest absolute Gasteiger partial charge is 0.444 e. The highest BCUT2D eigenvalue weighted by Gasteiger charge is 2.28. The minimum Gasteiger partial charge on any atom is -0.444 e. The summed E-state index contributed by atoms with van der Waals surface area (Å²) in [5.41, 5.74) is 5.96. The quantitative estimate of drug-likeness (QED) is 0.388. The second-order valence-corrected chi connectivity index (χ2v) is 8.48. The minimum atomic E-state index is -1.11. The van der Waals surface area contributed by atoms with Crippen molar-refractivity contribution < 1.29 is 24.0 Å². The van der Waals surface area contributed by atoms with Crippen molar-refractivity contribution in [2.45, 2.75) is 51.3 Å². The van der Waals surface area contributed by atoms with E-state index in [9.17, 15) is 24.5 Å². The van der Waals surface area contributed by atoms with Crippen LogP contribution in [-0.4, -0.2) is 40.5 Å². The lowest BCUT2D eigenvalue weighted by atomic mass is 10.0. The van der Waals surface area contributed by atoms with Gasteiger partial charge in [-0.05, 0) is 31.9 Å². The number of hydrogen-bond donors (Lipinski definition) is 3. The molecule has 4 N–H and O–H groups in total. The molecule has 2 rings (SSSR count). The van der Waals surface area contributed by atoms with Crippen molar-refractivity contribution in [2.75, 3.05) is 0 Å². The van der Waals surface area contributed by atoms with Gasteiger partial charge in [0.25, 0.3) is 5.69 Å². The van der Waals surface area contributed by atoms with Crippen LogP contribution in [0.3, 0.4) is 0 Å². The van der Waals surface area contributed by atoms with Gasteiger partial charge in [-0.15, -0.1) is 0 Å². The summed E-state index contributed by atoms with van der Waals surface area (Å²) >= 11 is 0. The molecule has 3 amide bonds. The van der Waals surface area contributed by atoms with Crippen molar-refractivity contribution in [2.24, 2.45) is 5.73 Å². The van der Waals surface area contributed by atoms with Gasteiger partial charge < -0.3 is 21.1 Å². The summed E-state index contributed by atoms with van der Waals surface area (Å²) in [7, 11) is 0. The van der Waals surface area contributed by atoms with Gasteiger partial charge in [0.15, 0.2) is 0 Å². The number of nitrogens with zero attached hydrogens (tertiary/aromatic N) is 1. The summed E-state index contributed by atoms with van der Waals surface area (Å²) in [6.07, 6.45) is -0.623. The highest BCUT2D eigenvalue weighted by Crippen LogP contribution is 2.14. The molecule has 0 aliphatic rings. The van der Waals surface area contributed by atoms with E-state index in [1.165, 1.54) is 24.3 Å². The summed E-state index contributed by atoms with van der Waals surface area (Å²) in [6.45, 7) is 5.04. The molecular weight excluding hydrogens is 428 g/mol. The normalized spacial score (nSPS) is 12.8. The summed E-state index contributed by atoms with van der Waals surface area (Å²) in [5, 5.41) is 16.0. The smallest absolute Gasteiger partial charge is 0.408 e. The molecule has 2 atom stereocenters. The first kappa shape index (κ1) is 25.3. The number of hydrogen-bond acceptors (Lipinski definition) is 6. The predicted octanol–water partition coefficient (Wildman–Crippen LogP) is 2.24. The zero-order valence-corrected chi connectivity index (χ0v) is 18.7. The third-order valence-electron chi connectivity index (χ3n) is 4.54. The number of non-ortho nitro benzene ring substituents is 1. The Kier molecular flexibility index (Phi) is 8.49. The summed E-state index contributed by atoms with van der Waals surface area (Å²) in [4.78, 5) is 47.7. The number of nitro benzene ring substituents is 1. The molecule has 10 heteroatoms. The molecule has 0 bridgehead atoms. The Bertz CT molecular complexity index is 986. The maximum atomic E-state index is 13.0. The van der Waals surface area contributed by atoms with Gasteiger partial charge in [0, 0.05) is 25.0 Å². The molecule has 0 saturated heterocycles. The van der Waals surface area contributed by atoms with Crippen LogP contribution in [-0.2, 0) is 27.2 Å².